The Labute approximate surface area is 219 Å². The Kier molecular flexibility index (Phi) is 13.3. The molecule has 0 aromatic heterocycles. The number of aliphatic carboxylic acids is 2. The molecule has 1 aliphatic heterocycles. The van der Waals surface area contributed by atoms with Crippen LogP contribution >= 0.6 is 0 Å². The Bertz CT molecular complexity index is 918. The molecule has 0 spiro atoms. The number of guanidine groups is 2. The van der Waals surface area contributed by atoms with Gasteiger partial charge < -0.3 is 54.4 Å². The van der Waals surface area contributed by atoms with Gasteiger partial charge in [0, 0.05) is 19.6 Å². The van der Waals surface area contributed by atoms with Gasteiger partial charge in [-0.1, -0.05) is 0 Å². The van der Waals surface area contributed by atoms with Crippen LogP contribution in [-0.2, 0) is 24.0 Å². The molecule has 0 bridgehead atoms. The minimum Gasteiger partial charge on any atom is -0.481 e. The van der Waals surface area contributed by atoms with E-state index in [9.17, 15) is 29.1 Å². The minimum atomic E-state index is -1.39. The summed E-state index contributed by atoms with van der Waals surface area (Å²) in [6, 6.07) is -4.72. The Morgan fingerprint density at radius 3 is 1.95 bits per heavy atom. The number of rotatable bonds is 16. The van der Waals surface area contributed by atoms with Crippen molar-refractivity contribution in [2.45, 2.75) is 69.1 Å². The third kappa shape index (κ3) is 11.3. The van der Waals surface area contributed by atoms with Crippen LogP contribution in [0.25, 0.3) is 0 Å². The molecule has 4 atom stereocenters. The van der Waals surface area contributed by atoms with Crippen molar-refractivity contribution in [3.05, 3.63) is 0 Å². The number of hydrogen-bond donors (Lipinski definition) is 9. The first-order chi connectivity index (χ1) is 17.8. The Morgan fingerprint density at radius 1 is 0.895 bits per heavy atom. The first kappa shape index (κ1) is 31.9. The molecule has 1 heterocycles. The van der Waals surface area contributed by atoms with Gasteiger partial charge in [-0.15, -0.1) is 0 Å². The van der Waals surface area contributed by atoms with E-state index in [0.717, 1.165) is 0 Å². The van der Waals surface area contributed by atoms with Crippen LogP contribution in [0.15, 0.2) is 9.98 Å². The van der Waals surface area contributed by atoms with Gasteiger partial charge in [-0.25, -0.2) is 4.79 Å². The van der Waals surface area contributed by atoms with E-state index >= 15 is 0 Å². The van der Waals surface area contributed by atoms with Crippen molar-refractivity contribution in [1.29, 1.82) is 0 Å². The van der Waals surface area contributed by atoms with Gasteiger partial charge in [-0.05, 0) is 38.5 Å². The fourth-order valence-corrected chi connectivity index (χ4v) is 3.85. The first-order valence-electron chi connectivity index (χ1n) is 12.1. The number of nitrogens with zero attached hydrogens (tertiary/aromatic N) is 3. The highest BCUT2D eigenvalue weighted by Gasteiger charge is 2.39. The molecule has 1 saturated heterocycles. The van der Waals surface area contributed by atoms with Crippen molar-refractivity contribution in [3.8, 4) is 0 Å². The second-order valence-electron chi connectivity index (χ2n) is 8.75. The van der Waals surface area contributed by atoms with Crippen LogP contribution in [0.3, 0.4) is 0 Å². The van der Waals surface area contributed by atoms with Gasteiger partial charge in [0.2, 0.25) is 17.7 Å². The Hall–Kier alpha value is -4.15. The number of aliphatic imine (C=N–C) groups is 2. The summed E-state index contributed by atoms with van der Waals surface area (Å²) in [5.41, 5.74) is 26.7. The fraction of sp³-hybridized carbons (Fsp3) is 0.667. The summed E-state index contributed by atoms with van der Waals surface area (Å²) < 4.78 is 0. The molecule has 3 amide bonds. The number of amides is 3. The molecule has 0 saturated carbocycles. The van der Waals surface area contributed by atoms with Gasteiger partial charge in [-0.2, -0.15) is 0 Å². The molecule has 0 aromatic rings. The fourth-order valence-electron chi connectivity index (χ4n) is 3.85. The van der Waals surface area contributed by atoms with Crippen LogP contribution < -0.4 is 39.3 Å². The monoisotopic (exact) mass is 542 g/mol. The van der Waals surface area contributed by atoms with Gasteiger partial charge >= 0.3 is 11.9 Å². The molecule has 14 N–H and O–H groups in total. The lowest BCUT2D eigenvalue weighted by Crippen LogP contribution is -2.57. The van der Waals surface area contributed by atoms with E-state index < -0.39 is 60.2 Å². The number of carboxylic acid groups (broad SMARTS) is 2. The largest absolute Gasteiger partial charge is 0.481 e. The van der Waals surface area contributed by atoms with E-state index in [-0.39, 0.29) is 57.2 Å². The molecule has 17 heteroatoms. The van der Waals surface area contributed by atoms with Crippen molar-refractivity contribution < 1.29 is 34.2 Å². The van der Waals surface area contributed by atoms with E-state index in [0.29, 0.717) is 12.8 Å². The van der Waals surface area contributed by atoms with Crippen molar-refractivity contribution in [3.63, 3.8) is 0 Å². The number of hydrogen-bond acceptors (Lipinski definition) is 8. The molecule has 214 valence electrons. The second-order valence-corrected chi connectivity index (χ2v) is 8.75. The van der Waals surface area contributed by atoms with Gasteiger partial charge in [0.15, 0.2) is 11.9 Å². The molecule has 1 rings (SSSR count). The van der Waals surface area contributed by atoms with Crippen molar-refractivity contribution in [1.82, 2.24) is 15.5 Å². The summed E-state index contributed by atoms with van der Waals surface area (Å²) in [5, 5.41) is 23.3. The van der Waals surface area contributed by atoms with Crippen molar-refractivity contribution >= 4 is 41.6 Å². The zero-order valence-electron chi connectivity index (χ0n) is 21.0. The molecule has 4 unspecified atom stereocenters. The minimum absolute atomic E-state index is 0.0590. The van der Waals surface area contributed by atoms with E-state index in [2.05, 4.69) is 20.6 Å². The summed E-state index contributed by atoms with van der Waals surface area (Å²) >= 11 is 0. The topological polar surface area (TPSA) is 308 Å². The molecule has 38 heavy (non-hydrogen) atoms. The lowest BCUT2D eigenvalue weighted by atomic mass is 10.1. The predicted molar refractivity (Wildman–Crippen MR) is 136 cm³/mol. The summed E-state index contributed by atoms with van der Waals surface area (Å²) in [4.78, 5) is 70.2. The zero-order valence-corrected chi connectivity index (χ0v) is 21.0. The predicted octanol–water partition coefficient (Wildman–Crippen LogP) is -4.06. The van der Waals surface area contributed by atoms with Crippen molar-refractivity contribution in [2.75, 3.05) is 19.6 Å². The average Bonchev–Trinajstić information content (AvgIpc) is 3.31. The molecule has 17 nitrogen and oxygen atoms in total. The Morgan fingerprint density at radius 2 is 1.45 bits per heavy atom. The van der Waals surface area contributed by atoms with E-state index in [1.165, 1.54) is 4.90 Å². The molecular formula is C21H38N10O7. The van der Waals surface area contributed by atoms with Crippen LogP contribution in [-0.4, -0.2) is 100 Å². The molecular weight excluding hydrogens is 504 g/mol. The third-order valence-corrected chi connectivity index (χ3v) is 5.69. The summed E-state index contributed by atoms with van der Waals surface area (Å²) in [5.74, 6) is -4.92. The first-order valence-corrected chi connectivity index (χ1v) is 12.1. The van der Waals surface area contributed by atoms with Crippen LogP contribution in [0.2, 0.25) is 0 Å². The smallest absolute Gasteiger partial charge is 0.326 e. The molecule has 0 aliphatic carbocycles. The molecule has 1 aliphatic rings. The van der Waals surface area contributed by atoms with Gasteiger partial charge in [-0.3, -0.25) is 29.2 Å². The van der Waals surface area contributed by atoms with Gasteiger partial charge in [0.25, 0.3) is 0 Å². The molecule has 1 fully saturated rings. The van der Waals surface area contributed by atoms with Crippen molar-refractivity contribution in [2.24, 2.45) is 38.7 Å². The maximum absolute atomic E-state index is 13.4. The quantitative estimate of drug-likeness (QED) is 0.0511. The van der Waals surface area contributed by atoms with Crippen LogP contribution in [0.5, 0.6) is 0 Å². The van der Waals surface area contributed by atoms with Crippen LogP contribution in [0.1, 0.15) is 44.9 Å². The van der Waals surface area contributed by atoms with E-state index in [4.69, 9.17) is 33.8 Å². The third-order valence-electron chi connectivity index (χ3n) is 5.69. The standard InChI is InChI=1S/C21H38N10O7/c22-11(10-15(32)33)16(34)29-12(4-1-7-27-20(23)24)18(36)31-9-3-6-14(31)17(35)30-13(19(37)38)5-2-8-28-21(25)26/h11-14H,1-10,22H2,(H,29,34)(H,30,35)(H,32,33)(H,37,38)(H4,23,24,27)(H4,25,26,28). The summed E-state index contributed by atoms with van der Waals surface area (Å²) in [7, 11) is 0. The number of carbonyl (C=O) groups excluding carboxylic acids is 3. The lowest BCUT2D eigenvalue weighted by Gasteiger charge is -2.30. The normalized spacial score (nSPS) is 17.0. The number of likely N-dealkylation sites (tertiary alicyclic amines) is 1. The SMILES string of the molecule is NC(N)=NCCCC(NC(=O)C1CCCN1C(=O)C(CCCN=C(N)N)NC(=O)C(N)CC(=O)O)C(=O)O. The maximum atomic E-state index is 13.4. The maximum Gasteiger partial charge on any atom is 0.326 e. The number of carboxylic acids is 2. The second kappa shape index (κ2) is 15.9. The molecule has 0 radical (unpaired) electrons. The van der Waals surface area contributed by atoms with E-state index in [1.54, 1.807) is 0 Å². The zero-order chi connectivity index (χ0) is 28.8. The van der Waals surface area contributed by atoms with E-state index in [1.807, 2.05) is 0 Å². The number of carbonyl (C=O) groups is 5. The Balaban J connectivity index is 2.95. The van der Waals surface area contributed by atoms with Gasteiger partial charge in [0.1, 0.15) is 18.1 Å². The number of nitrogens with one attached hydrogen (secondary N) is 2. The van der Waals surface area contributed by atoms with Gasteiger partial charge in [0.05, 0.1) is 12.5 Å². The molecule has 0 aromatic carbocycles. The average molecular weight is 543 g/mol. The highest BCUT2D eigenvalue weighted by atomic mass is 16.4. The lowest BCUT2D eigenvalue weighted by molar-refractivity contribution is -0.145. The summed E-state index contributed by atoms with van der Waals surface area (Å²) in [6.07, 6.45) is 0.824. The summed E-state index contributed by atoms with van der Waals surface area (Å²) in [6.45, 7) is 0.537. The van der Waals surface area contributed by atoms with Crippen LogP contribution in [0, 0.1) is 0 Å². The highest BCUT2D eigenvalue weighted by Crippen LogP contribution is 2.20. The highest BCUT2D eigenvalue weighted by molar-refractivity contribution is 5.95. The number of nitrogens with two attached hydrogens (primary N) is 5. The van der Waals surface area contributed by atoms with Crippen LogP contribution in [0.4, 0.5) is 0 Å².